The van der Waals surface area contributed by atoms with Gasteiger partial charge < -0.3 is 20.5 Å². The first-order valence-corrected chi connectivity index (χ1v) is 8.89. The van der Waals surface area contributed by atoms with E-state index < -0.39 is 6.10 Å². The SMILES string of the molecule is CSc1ccc(OC(C)C(=O)Nc2ccc(OCCN)cc2)cc1. The molecule has 0 fully saturated rings. The summed E-state index contributed by atoms with van der Waals surface area (Å²) in [5.74, 6) is 1.18. The Hall–Kier alpha value is -2.18. The van der Waals surface area contributed by atoms with Crippen LogP contribution >= 0.6 is 11.8 Å². The largest absolute Gasteiger partial charge is 0.492 e. The van der Waals surface area contributed by atoms with Crippen LogP contribution in [-0.4, -0.2) is 31.4 Å². The van der Waals surface area contributed by atoms with Crippen molar-refractivity contribution >= 4 is 23.4 Å². The minimum atomic E-state index is -0.599. The van der Waals surface area contributed by atoms with Crippen LogP contribution in [0, 0.1) is 0 Å². The van der Waals surface area contributed by atoms with Crippen molar-refractivity contribution in [2.75, 3.05) is 24.7 Å². The average Bonchev–Trinajstić information content (AvgIpc) is 2.61. The topological polar surface area (TPSA) is 73.6 Å². The van der Waals surface area contributed by atoms with Crippen molar-refractivity contribution in [3.05, 3.63) is 48.5 Å². The van der Waals surface area contributed by atoms with Crippen molar-refractivity contribution in [1.29, 1.82) is 0 Å². The minimum absolute atomic E-state index is 0.209. The van der Waals surface area contributed by atoms with E-state index in [1.54, 1.807) is 43.0 Å². The average molecular weight is 346 g/mol. The first kappa shape index (κ1) is 18.2. The van der Waals surface area contributed by atoms with Gasteiger partial charge in [-0.1, -0.05) is 0 Å². The maximum Gasteiger partial charge on any atom is 0.265 e. The number of anilines is 1. The molecule has 2 aromatic carbocycles. The highest BCUT2D eigenvalue weighted by molar-refractivity contribution is 7.98. The third-order valence-electron chi connectivity index (χ3n) is 3.25. The van der Waals surface area contributed by atoms with E-state index in [2.05, 4.69) is 5.32 Å². The van der Waals surface area contributed by atoms with Crippen molar-refractivity contribution in [2.24, 2.45) is 5.73 Å². The van der Waals surface area contributed by atoms with Gasteiger partial charge in [0.15, 0.2) is 6.10 Å². The highest BCUT2D eigenvalue weighted by Crippen LogP contribution is 2.20. The van der Waals surface area contributed by atoms with Crippen LogP contribution in [0.2, 0.25) is 0 Å². The molecule has 0 heterocycles. The molecule has 3 N–H and O–H groups in total. The molecule has 0 saturated heterocycles. The Kier molecular flexibility index (Phi) is 6.96. The molecule has 0 spiro atoms. The molecule has 2 rings (SSSR count). The molecule has 24 heavy (non-hydrogen) atoms. The van der Waals surface area contributed by atoms with Gasteiger partial charge in [0.05, 0.1) is 0 Å². The van der Waals surface area contributed by atoms with Crippen molar-refractivity contribution < 1.29 is 14.3 Å². The monoisotopic (exact) mass is 346 g/mol. The van der Waals surface area contributed by atoms with Crippen LogP contribution in [0.25, 0.3) is 0 Å². The summed E-state index contributed by atoms with van der Waals surface area (Å²) in [7, 11) is 0. The van der Waals surface area contributed by atoms with Crippen molar-refractivity contribution in [2.45, 2.75) is 17.9 Å². The molecule has 0 bridgehead atoms. The van der Waals surface area contributed by atoms with Gasteiger partial charge in [0, 0.05) is 17.1 Å². The third-order valence-corrected chi connectivity index (χ3v) is 3.99. The molecule has 0 aliphatic rings. The van der Waals surface area contributed by atoms with Crippen LogP contribution in [0.4, 0.5) is 5.69 Å². The molecule has 0 radical (unpaired) electrons. The zero-order valence-electron chi connectivity index (χ0n) is 13.8. The fourth-order valence-corrected chi connectivity index (χ4v) is 2.38. The summed E-state index contributed by atoms with van der Waals surface area (Å²) in [4.78, 5) is 13.4. The summed E-state index contributed by atoms with van der Waals surface area (Å²) < 4.78 is 11.1. The molecular formula is C18H22N2O3S. The molecule has 0 aliphatic heterocycles. The number of rotatable bonds is 8. The van der Waals surface area contributed by atoms with E-state index in [-0.39, 0.29) is 5.91 Å². The number of nitrogens with two attached hydrogens (primary N) is 1. The summed E-state index contributed by atoms with van der Waals surface area (Å²) >= 11 is 1.66. The Balaban J connectivity index is 1.88. The Bertz CT molecular complexity index is 644. The van der Waals surface area contributed by atoms with Gasteiger partial charge in [-0.25, -0.2) is 0 Å². The Morgan fingerprint density at radius 1 is 1.12 bits per heavy atom. The number of carbonyl (C=O) groups is 1. The number of hydrogen-bond acceptors (Lipinski definition) is 5. The fraction of sp³-hybridized carbons (Fsp3) is 0.278. The Morgan fingerprint density at radius 3 is 2.33 bits per heavy atom. The standard InChI is InChI=1S/C18H22N2O3S/c1-13(23-16-7-9-17(24-2)10-8-16)18(21)20-14-3-5-15(6-4-14)22-12-11-19/h3-10,13H,11-12,19H2,1-2H3,(H,20,21). The summed E-state index contributed by atoms with van der Waals surface area (Å²) in [6.45, 7) is 2.65. The van der Waals surface area contributed by atoms with Crippen LogP contribution < -0.4 is 20.5 Å². The maximum atomic E-state index is 12.2. The molecule has 2 aromatic rings. The lowest BCUT2D eigenvalue weighted by Gasteiger charge is -2.15. The summed E-state index contributed by atoms with van der Waals surface area (Å²) in [6.07, 6.45) is 1.41. The Labute approximate surface area is 146 Å². The molecule has 1 atom stereocenters. The molecule has 1 amide bonds. The second-order valence-electron chi connectivity index (χ2n) is 5.09. The number of carbonyl (C=O) groups excluding carboxylic acids is 1. The quantitative estimate of drug-likeness (QED) is 0.718. The van der Waals surface area contributed by atoms with E-state index in [0.717, 1.165) is 10.6 Å². The number of thioether (sulfide) groups is 1. The molecule has 128 valence electrons. The lowest BCUT2D eigenvalue weighted by atomic mass is 10.2. The predicted molar refractivity (Wildman–Crippen MR) is 97.9 cm³/mol. The molecule has 0 aromatic heterocycles. The number of benzene rings is 2. The summed E-state index contributed by atoms with van der Waals surface area (Å²) in [5.41, 5.74) is 6.08. The van der Waals surface area contributed by atoms with Crippen molar-refractivity contribution in [3.63, 3.8) is 0 Å². The van der Waals surface area contributed by atoms with Crippen LogP contribution in [0.15, 0.2) is 53.4 Å². The second kappa shape index (κ2) is 9.20. The molecule has 0 aliphatic carbocycles. The van der Waals surface area contributed by atoms with Gasteiger partial charge in [-0.15, -0.1) is 11.8 Å². The van der Waals surface area contributed by atoms with E-state index >= 15 is 0 Å². The van der Waals surface area contributed by atoms with Gasteiger partial charge in [0.1, 0.15) is 18.1 Å². The van der Waals surface area contributed by atoms with Gasteiger partial charge >= 0.3 is 0 Å². The van der Waals surface area contributed by atoms with Crippen molar-refractivity contribution in [3.8, 4) is 11.5 Å². The number of amides is 1. The van der Waals surface area contributed by atoms with Gasteiger partial charge in [0.2, 0.25) is 0 Å². The number of nitrogens with one attached hydrogen (secondary N) is 1. The van der Waals surface area contributed by atoms with Crippen LogP contribution in [0.1, 0.15) is 6.92 Å². The van der Waals surface area contributed by atoms with Gasteiger partial charge in [-0.3, -0.25) is 4.79 Å². The van der Waals surface area contributed by atoms with E-state index in [9.17, 15) is 4.79 Å². The number of hydrogen-bond donors (Lipinski definition) is 2. The molecule has 6 heteroatoms. The molecule has 0 saturated carbocycles. The minimum Gasteiger partial charge on any atom is -0.492 e. The smallest absolute Gasteiger partial charge is 0.265 e. The van der Waals surface area contributed by atoms with E-state index in [4.69, 9.17) is 15.2 Å². The molecule has 5 nitrogen and oxygen atoms in total. The van der Waals surface area contributed by atoms with Crippen LogP contribution in [0.3, 0.4) is 0 Å². The zero-order chi connectivity index (χ0) is 17.4. The van der Waals surface area contributed by atoms with E-state index in [1.807, 2.05) is 30.5 Å². The molecule has 1 unspecified atom stereocenters. The fourth-order valence-electron chi connectivity index (χ4n) is 1.97. The summed E-state index contributed by atoms with van der Waals surface area (Å²) in [5, 5.41) is 2.82. The van der Waals surface area contributed by atoms with E-state index in [0.29, 0.717) is 24.6 Å². The zero-order valence-corrected chi connectivity index (χ0v) is 14.6. The van der Waals surface area contributed by atoms with Gasteiger partial charge in [-0.2, -0.15) is 0 Å². The van der Waals surface area contributed by atoms with Gasteiger partial charge in [0.25, 0.3) is 5.91 Å². The van der Waals surface area contributed by atoms with Crippen molar-refractivity contribution in [1.82, 2.24) is 0 Å². The normalized spacial score (nSPS) is 11.6. The highest BCUT2D eigenvalue weighted by atomic mass is 32.2. The molecular weight excluding hydrogens is 324 g/mol. The maximum absolute atomic E-state index is 12.2. The van der Waals surface area contributed by atoms with Gasteiger partial charge in [-0.05, 0) is 61.7 Å². The predicted octanol–water partition coefficient (Wildman–Crippen LogP) is 3.15. The first-order chi connectivity index (χ1) is 11.6. The number of ether oxygens (including phenoxy) is 2. The Morgan fingerprint density at radius 2 is 1.75 bits per heavy atom. The van der Waals surface area contributed by atoms with Crippen LogP contribution in [-0.2, 0) is 4.79 Å². The summed E-state index contributed by atoms with van der Waals surface area (Å²) in [6, 6.07) is 14.8. The van der Waals surface area contributed by atoms with E-state index in [1.165, 1.54) is 0 Å². The lowest BCUT2D eigenvalue weighted by molar-refractivity contribution is -0.122. The first-order valence-electron chi connectivity index (χ1n) is 7.67. The highest BCUT2D eigenvalue weighted by Gasteiger charge is 2.15. The lowest BCUT2D eigenvalue weighted by Crippen LogP contribution is -2.30. The third kappa shape index (κ3) is 5.47. The van der Waals surface area contributed by atoms with Crippen LogP contribution in [0.5, 0.6) is 11.5 Å². The second-order valence-corrected chi connectivity index (χ2v) is 5.97.